The number of fused-ring (bicyclic) bond motifs is 1. The second-order valence-electron chi connectivity index (χ2n) is 5.00. The van der Waals surface area contributed by atoms with Gasteiger partial charge in [0.05, 0.1) is 16.9 Å². The smallest absolute Gasteiger partial charge is 0.323 e. The predicted octanol–water partition coefficient (Wildman–Crippen LogP) is 3.77. The van der Waals surface area contributed by atoms with E-state index in [1.807, 2.05) is 49.4 Å². The highest BCUT2D eigenvalue weighted by Crippen LogP contribution is 2.28. The van der Waals surface area contributed by atoms with Crippen molar-refractivity contribution in [3.63, 3.8) is 0 Å². The molecule has 0 aliphatic heterocycles. The SMILES string of the molecule is Cc1cnc2c(N)cccc2c1NC(=O)Nc1ccccc1. The van der Waals surface area contributed by atoms with Gasteiger partial charge in [0, 0.05) is 17.3 Å². The zero-order valence-corrected chi connectivity index (χ0v) is 12.1. The normalized spacial score (nSPS) is 10.4. The van der Waals surface area contributed by atoms with Crippen LogP contribution in [0.3, 0.4) is 0 Å². The standard InChI is InChI=1S/C17H16N4O/c1-11-10-19-16-13(8-5-9-14(16)18)15(11)21-17(22)20-12-6-3-2-4-7-12/h2-10H,18H2,1H3,(H2,19,20,21,22). The summed E-state index contributed by atoms with van der Waals surface area (Å²) < 4.78 is 0. The van der Waals surface area contributed by atoms with E-state index in [4.69, 9.17) is 5.73 Å². The number of aromatic nitrogens is 1. The number of urea groups is 1. The Morgan fingerprint density at radius 1 is 1.05 bits per heavy atom. The van der Waals surface area contributed by atoms with Gasteiger partial charge in [-0.2, -0.15) is 0 Å². The Morgan fingerprint density at radius 2 is 1.82 bits per heavy atom. The number of aryl methyl sites for hydroxylation is 1. The van der Waals surface area contributed by atoms with E-state index in [1.54, 1.807) is 12.3 Å². The van der Waals surface area contributed by atoms with Crippen LogP contribution in [-0.2, 0) is 0 Å². The van der Waals surface area contributed by atoms with Crippen molar-refractivity contribution in [3.8, 4) is 0 Å². The van der Waals surface area contributed by atoms with Crippen molar-refractivity contribution in [1.29, 1.82) is 0 Å². The zero-order valence-electron chi connectivity index (χ0n) is 12.1. The molecule has 0 saturated heterocycles. The Labute approximate surface area is 128 Å². The number of carbonyl (C=O) groups excluding carboxylic acids is 1. The van der Waals surface area contributed by atoms with Gasteiger partial charge in [0.2, 0.25) is 0 Å². The molecule has 22 heavy (non-hydrogen) atoms. The Bertz CT molecular complexity index is 831. The van der Waals surface area contributed by atoms with Crippen LogP contribution in [0.4, 0.5) is 21.9 Å². The van der Waals surface area contributed by atoms with Crippen LogP contribution in [0.1, 0.15) is 5.56 Å². The van der Waals surface area contributed by atoms with E-state index in [0.29, 0.717) is 16.9 Å². The molecule has 2 aromatic carbocycles. The van der Waals surface area contributed by atoms with E-state index in [9.17, 15) is 4.79 Å². The Kier molecular flexibility index (Phi) is 3.62. The monoisotopic (exact) mass is 292 g/mol. The minimum absolute atomic E-state index is 0.302. The first-order valence-electron chi connectivity index (χ1n) is 6.92. The summed E-state index contributed by atoms with van der Waals surface area (Å²) in [7, 11) is 0. The quantitative estimate of drug-likeness (QED) is 0.629. The molecular weight excluding hydrogens is 276 g/mol. The molecule has 4 N–H and O–H groups in total. The first kappa shape index (κ1) is 13.9. The number of rotatable bonds is 2. The molecule has 0 spiro atoms. The molecule has 0 bridgehead atoms. The Morgan fingerprint density at radius 3 is 2.59 bits per heavy atom. The molecule has 1 heterocycles. The summed E-state index contributed by atoms with van der Waals surface area (Å²) in [6, 6.07) is 14.5. The maximum Gasteiger partial charge on any atom is 0.323 e. The fourth-order valence-corrected chi connectivity index (χ4v) is 2.31. The van der Waals surface area contributed by atoms with Gasteiger partial charge in [-0.3, -0.25) is 4.98 Å². The molecule has 2 amide bonds. The van der Waals surface area contributed by atoms with E-state index in [2.05, 4.69) is 15.6 Å². The van der Waals surface area contributed by atoms with E-state index in [-0.39, 0.29) is 6.03 Å². The molecule has 0 atom stereocenters. The summed E-state index contributed by atoms with van der Waals surface area (Å²) in [5, 5.41) is 6.50. The lowest BCUT2D eigenvalue weighted by atomic mass is 10.1. The minimum atomic E-state index is -0.302. The topological polar surface area (TPSA) is 80.0 Å². The van der Waals surface area contributed by atoms with E-state index in [1.165, 1.54) is 0 Å². The number of nitrogen functional groups attached to an aromatic ring is 1. The first-order valence-corrected chi connectivity index (χ1v) is 6.92. The molecular formula is C17H16N4O. The molecule has 110 valence electrons. The average molecular weight is 292 g/mol. The summed E-state index contributed by atoms with van der Waals surface area (Å²) in [6.07, 6.45) is 1.71. The maximum atomic E-state index is 12.2. The number of para-hydroxylation sites is 2. The van der Waals surface area contributed by atoms with E-state index >= 15 is 0 Å². The third-order valence-corrected chi connectivity index (χ3v) is 3.39. The first-order chi connectivity index (χ1) is 10.6. The van der Waals surface area contributed by atoms with Crippen molar-refractivity contribution in [3.05, 3.63) is 60.3 Å². The highest BCUT2D eigenvalue weighted by atomic mass is 16.2. The maximum absolute atomic E-state index is 12.2. The highest BCUT2D eigenvalue weighted by molar-refractivity contribution is 6.08. The van der Waals surface area contributed by atoms with Gasteiger partial charge in [-0.15, -0.1) is 0 Å². The van der Waals surface area contributed by atoms with Gasteiger partial charge in [0.1, 0.15) is 0 Å². The minimum Gasteiger partial charge on any atom is -0.397 e. The molecule has 5 heteroatoms. The molecule has 5 nitrogen and oxygen atoms in total. The van der Waals surface area contributed by atoms with Crippen LogP contribution in [0.25, 0.3) is 10.9 Å². The number of amides is 2. The van der Waals surface area contributed by atoms with Gasteiger partial charge in [-0.05, 0) is 30.7 Å². The van der Waals surface area contributed by atoms with Crippen molar-refractivity contribution >= 4 is 34.0 Å². The van der Waals surface area contributed by atoms with Crippen LogP contribution < -0.4 is 16.4 Å². The Hall–Kier alpha value is -3.08. The number of nitrogens with one attached hydrogen (secondary N) is 2. The number of anilines is 3. The molecule has 0 radical (unpaired) electrons. The molecule has 0 aliphatic carbocycles. The summed E-state index contributed by atoms with van der Waals surface area (Å²) in [6.45, 7) is 1.90. The van der Waals surface area contributed by atoms with Crippen molar-refractivity contribution in [1.82, 2.24) is 4.98 Å². The van der Waals surface area contributed by atoms with Crippen LogP contribution in [0.15, 0.2) is 54.7 Å². The van der Waals surface area contributed by atoms with Gasteiger partial charge in [0.25, 0.3) is 0 Å². The summed E-state index contributed by atoms with van der Waals surface area (Å²) in [4.78, 5) is 16.5. The number of carbonyl (C=O) groups is 1. The fraction of sp³-hybridized carbons (Fsp3) is 0.0588. The molecule has 0 saturated carbocycles. The van der Waals surface area contributed by atoms with Crippen molar-refractivity contribution in [2.75, 3.05) is 16.4 Å². The summed E-state index contributed by atoms with van der Waals surface area (Å²) in [5.74, 6) is 0. The number of hydrogen-bond donors (Lipinski definition) is 3. The van der Waals surface area contributed by atoms with Gasteiger partial charge >= 0.3 is 6.03 Å². The van der Waals surface area contributed by atoms with Crippen molar-refractivity contribution < 1.29 is 4.79 Å². The molecule has 3 aromatic rings. The van der Waals surface area contributed by atoms with E-state index < -0.39 is 0 Å². The van der Waals surface area contributed by atoms with Crippen LogP contribution in [0.2, 0.25) is 0 Å². The van der Waals surface area contributed by atoms with Gasteiger partial charge < -0.3 is 16.4 Å². The number of benzene rings is 2. The number of nitrogens with zero attached hydrogens (tertiary/aromatic N) is 1. The highest BCUT2D eigenvalue weighted by Gasteiger charge is 2.11. The number of hydrogen-bond acceptors (Lipinski definition) is 3. The fourth-order valence-electron chi connectivity index (χ4n) is 2.31. The Balaban J connectivity index is 1.92. The van der Waals surface area contributed by atoms with Crippen LogP contribution in [-0.4, -0.2) is 11.0 Å². The molecule has 0 fully saturated rings. The number of nitrogens with two attached hydrogens (primary N) is 1. The predicted molar refractivity (Wildman–Crippen MR) is 90.0 cm³/mol. The zero-order chi connectivity index (χ0) is 15.5. The lowest BCUT2D eigenvalue weighted by Crippen LogP contribution is -2.20. The largest absolute Gasteiger partial charge is 0.397 e. The van der Waals surface area contributed by atoms with Crippen LogP contribution in [0.5, 0.6) is 0 Å². The summed E-state index contributed by atoms with van der Waals surface area (Å²) >= 11 is 0. The molecule has 1 aromatic heterocycles. The van der Waals surface area contributed by atoms with Crippen molar-refractivity contribution in [2.24, 2.45) is 0 Å². The number of pyridine rings is 1. The van der Waals surface area contributed by atoms with E-state index in [0.717, 1.165) is 16.6 Å². The van der Waals surface area contributed by atoms with Crippen LogP contribution in [0, 0.1) is 6.92 Å². The second kappa shape index (κ2) is 5.73. The van der Waals surface area contributed by atoms with Crippen molar-refractivity contribution in [2.45, 2.75) is 6.92 Å². The molecule has 0 unspecified atom stereocenters. The van der Waals surface area contributed by atoms with Gasteiger partial charge in [0.15, 0.2) is 0 Å². The van der Waals surface area contributed by atoms with Gasteiger partial charge in [-0.25, -0.2) is 4.79 Å². The third kappa shape index (κ3) is 2.69. The van der Waals surface area contributed by atoms with Crippen LogP contribution >= 0.6 is 0 Å². The third-order valence-electron chi connectivity index (χ3n) is 3.39. The lowest BCUT2D eigenvalue weighted by Gasteiger charge is -2.13. The molecule has 3 rings (SSSR count). The summed E-state index contributed by atoms with van der Waals surface area (Å²) in [5.41, 5.74) is 9.53. The molecule has 0 aliphatic rings. The van der Waals surface area contributed by atoms with Gasteiger partial charge in [-0.1, -0.05) is 30.3 Å². The average Bonchev–Trinajstić information content (AvgIpc) is 2.51. The second-order valence-corrected chi connectivity index (χ2v) is 5.00. The lowest BCUT2D eigenvalue weighted by molar-refractivity contribution is 0.262.